The summed E-state index contributed by atoms with van der Waals surface area (Å²) >= 11 is 0. The van der Waals surface area contributed by atoms with Gasteiger partial charge in [-0.1, -0.05) is 12.8 Å². The van der Waals surface area contributed by atoms with E-state index in [9.17, 15) is 0 Å². The molecule has 0 amide bonds. The molecule has 100 valence electrons. The van der Waals surface area contributed by atoms with Crippen molar-refractivity contribution in [2.24, 2.45) is 5.73 Å². The third kappa shape index (κ3) is 3.57. The molecule has 1 aromatic heterocycles. The fourth-order valence-corrected chi connectivity index (χ4v) is 2.22. The Morgan fingerprint density at radius 1 is 1.39 bits per heavy atom. The van der Waals surface area contributed by atoms with E-state index in [2.05, 4.69) is 15.3 Å². The Balaban J connectivity index is 1.99. The number of rotatable bonds is 4. The van der Waals surface area contributed by atoms with Crippen LogP contribution in [0.5, 0.6) is 5.88 Å². The Bertz CT molecular complexity index is 383. The van der Waals surface area contributed by atoms with E-state index in [1.165, 1.54) is 12.8 Å². The lowest BCUT2D eigenvalue weighted by molar-refractivity contribution is 0.232. The summed E-state index contributed by atoms with van der Waals surface area (Å²) in [5, 5.41) is 3.32. The van der Waals surface area contributed by atoms with Crippen molar-refractivity contribution in [3.63, 3.8) is 0 Å². The minimum Gasteiger partial charge on any atom is -0.475 e. The molecule has 1 saturated carbocycles. The summed E-state index contributed by atoms with van der Waals surface area (Å²) in [6.45, 7) is 3.96. The molecule has 1 aliphatic rings. The molecule has 0 saturated heterocycles. The fourth-order valence-electron chi connectivity index (χ4n) is 2.22. The molecule has 0 aliphatic heterocycles. The normalized spacial score (nSPS) is 24.0. The first-order valence-electron chi connectivity index (χ1n) is 6.67. The second kappa shape index (κ2) is 6.00. The van der Waals surface area contributed by atoms with Crippen LogP contribution in [0.4, 0.5) is 5.95 Å². The zero-order valence-electron chi connectivity index (χ0n) is 11.1. The van der Waals surface area contributed by atoms with Crippen LogP contribution in [0.2, 0.25) is 0 Å². The van der Waals surface area contributed by atoms with Crippen LogP contribution in [0.3, 0.4) is 0 Å². The summed E-state index contributed by atoms with van der Waals surface area (Å²) < 4.78 is 5.55. The molecule has 18 heavy (non-hydrogen) atoms. The lowest BCUT2D eigenvalue weighted by Crippen LogP contribution is -2.42. The average molecular weight is 250 g/mol. The Morgan fingerprint density at radius 3 is 2.89 bits per heavy atom. The number of aromatic nitrogens is 2. The molecule has 0 aromatic carbocycles. The Labute approximate surface area is 108 Å². The molecule has 0 spiro atoms. The highest BCUT2D eigenvalue weighted by molar-refractivity contribution is 5.29. The summed E-state index contributed by atoms with van der Waals surface area (Å²) in [7, 11) is 0. The minimum absolute atomic E-state index is 0.115. The van der Waals surface area contributed by atoms with Gasteiger partial charge in [0, 0.05) is 24.3 Å². The number of nitrogens with zero attached hydrogens (tertiary/aromatic N) is 2. The standard InChI is InChI=1S/C13H22N4O/c1-9(2)18-12-7-8-15-13(17-12)16-11-6-4-3-5-10(11)14/h7-11H,3-6,14H2,1-2H3,(H,15,16,17)/t10-,11-/m1/s1. The van der Waals surface area contributed by atoms with Crippen molar-refractivity contribution >= 4 is 5.95 Å². The van der Waals surface area contributed by atoms with E-state index in [0.29, 0.717) is 11.8 Å². The third-order valence-electron chi connectivity index (χ3n) is 3.12. The Kier molecular flexibility index (Phi) is 4.36. The maximum Gasteiger partial charge on any atom is 0.226 e. The summed E-state index contributed by atoms with van der Waals surface area (Å²) in [4.78, 5) is 8.56. The second-order valence-electron chi connectivity index (χ2n) is 5.08. The first-order valence-corrected chi connectivity index (χ1v) is 6.67. The van der Waals surface area contributed by atoms with Crippen molar-refractivity contribution in [2.45, 2.75) is 57.7 Å². The van der Waals surface area contributed by atoms with Gasteiger partial charge in [-0.25, -0.2) is 4.98 Å². The predicted molar refractivity (Wildman–Crippen MR) is 71.7 cm³/mol. The van der Waals surface area contributed by atoms with Gasteiger partial charge in [0.2, 0.25) is 11.8 Å². The molecule has 1 heterocycles. The van der Waals surface area contributed by atoms with Crippen LogP contribution >= 0.6 is 0 Å². The number of hydrogen-bond acceptors (Lipinski definition) is 5. The third-order valence-corrected chi connectivity index (χ3v) is 3.12. The van der Waals surface area contributed by atoms with Gasteiger partial charge >= 0.3 is 0 Å². The van der Waals surface area contributed by atoms with Gasteiger partial charge in [0.15, 0.2) is 0 Å². The molecule has 2 atom stereocenters. The monoisotopic (exact) mass is 250 g/mol. The number of nitrogens with two attached hydrogens (primary N) is 1. The molecule has 3 N–H and O–H groups in total. The summed E-state index contributed by atoms with van der Waals surface area (Å²) in [5.74, 6) is 1.21. The molecule has 0 radical (unpaired) electrons. The molecule has 5 heteroatoms. The largest absolute Gasteiger partial charge is 0.475 e. The lowest BCUT2D eigenvalue weighted by atomic mass is 9.91. The molecule has 2 rings (SSSR count). The second-order valence-corrected chi connectivity index (χ2v) is 5.08. The quantitative estimate of drug-likeness (QED) is 0.854. The first-order chi connectivity index (χ1) is 8.65. The van der Waals surface area contributed by atoms with E-state index in [1.807, 2.05) is 13.8 Å². The van der Waals surface area contributed by atoms with E-state index in [0.717, 1.165) is 12.8 Å². The number of anilines is 1. The predicted octanol–water partition coefficient (Wildman–Crippen LogP) is 1.95. The van der Waals surface area contributed by atoms with E-state index < -0.39 is 0 Å². The molecular weight excluding hydrogens is 228 g/mol. The van der Waals surface area contributed by atoms with E-state index >= 15 is 0 Å². The highest BCUT2D eigenvalue weighted by Gasteiger charge is 2.22. The maximum absolute atomic E-state index is 6.10. The van der Waals surface area contributed by atoms with E-state index in [-0.39, 0.29) is 18.2 Å². The van der Waals surface area contributed by atoms with Crippen LogP contribution in [-0.4, -0.2) is 28.2 Å². The maximum atomic E-state index is 6.10. The summed E-state index contributed by atoms with van der Waals surface area (Å²) in [6.07, 6.45) is 6.41. The van der Waals surface area contributed by atoms with Crippen molar-refractivity contribution in [3.05, 3.63) is 12.3 Å². The SMILES string of the molecule is CC(C)Oc1ccnc(N[C@@H]2CCCC[C@H]2N)n1. The van der Waals surface area contributed by atoms with Crippen molar-refractivity contribution in [2.75, 3.05) is 5.32 Å². The van der Waals surface area contributed by atoms with Crippen molar-refractivity contribution in [3.8, 4) is 5.88 Å². The molecule has 5 nitrogen and oxygen atoms in total. The molecule has 0 bridgehead atoms. The zero-order chi connectivity index (χ0) is 13.0. The van der Waals surface area contributed by atoms with E-state index in [4.69, 9.17) is 10.5 Å². The van der Waals surface area contributed by atoms with Crippen LogP contribution in [0.1, 0.15) is 39.5 Å². The van der Waals surface area contributed by atoms with Crippen LogP contribution in [-0.2, 0) is 0 Å². The zero-order valence-corrected chi connectivity index (χ0v) is 11.1. The molecule has 1 aliphatic carbocycles. The Morgan fingerprint density at radius 2 is 2.17 bits per heavy atom. The van der Waals surface area contributed by atoms with Crippen LogP contribution in [0, 0.1) is 0 Å². The van der Waals surface area contributed by atoms with Crippen molar-refractivity contribution in [1.29, 1.82) is 0 Å². The molecular formula is C13H22N4O. The summed E-state index contributed by atoms with van der Waals surface area (Å²) in [6, 6.07) is 2.23. The van der Waals surface area contributed by atoms with Crippen molar-refractivity contribution in [1.82, 2.24) is 9.97 Å². The number of hydrogen-bond donors (Lipinski definition) is 2. The van der Waals surface area contributed by atoms with Gasteiger partial charge in [-0.05, 0) is 26.7 Å². The summed E-state index contributed by atoms with van der Waals surface area (Å²) in [5.41, 5.74) is 6.10. The average Bonchev–Trinajstić information content (AvgIpc) is 2.32. The van der Waals surface area contributed by atoms with Crippen LogP contribution < -0.4 is 15.8 Å². The smallest absolute Gasteiger partial charge is 0.226 e. The highest BCUT2D eigenvalue weighted by atomic mass is 16.5. The van der Waals surface area contributed by atoms with Gasteiger partial charge in [0.1, 0.15) is 0 Å². The van der Waals surface area contributed by atoms with Gasteiger partial charge in [-0.3, -0.25) is 0 Å². The van der Waals surface area contributed by atoms with Crippen LogP contribution in [0.15, 0.2) is 12.3 Å². The van der Waals surface area contributed by atoms with Gasteiger partial charge in [0.05, 0.1) is 6.10 Å². The van der Waals surface area contributed by atoms with Gasteiger partial charge < -0.3 is 15.8 Å². The topological polar surface area (TPSA) is 73.1 Å². The minimum atomic E-state index is 0.115. The fraction of sp³-hybridized carbons (Fsp3) is 0.692. The Hall–Kier alpha value is -1.36. The highest BCUT2D eigenvalue weighted by Crippen LogP contribution is 2.20. The van der Waals surface area contributed by atoms with Gasteiger partial charge in [-0.15, -0.1) is 0 Å². The first kappa shape index (κ1) is 13.1. The molecule has 0 unspecified atom stereocenters. The lowest BCUT2D eigenvalue weighted by Gasteiger charge is -2.29. The molecule has 1 aromatic rings. The van der Waals surface area contributed by atoms with Gasteiger partial charge in [0.25, 0.3) is 0 Å². The number of nitrogens with one attached hydrogen (secondary N) is 1. The number of ether oxygens (including phenoxy) is 1. The van der Waals surface area contributed by atoms with Crippen LogP contribution in [0.25, 0.3) is 0 Å². The van der Waals surface area contributed by atoms with Gasteiger partial charge in [-0.2, -0.15) is 4.98 Å². The van der Waals surface area contributed by atoms with E-state index in [1.54, 1.807) is 12.3 Å². The van der Waals surface area contributed by atoms with Crippen molar-refractivity contribution < 1.29 is 4.74 Å². The molecule has 1 fully saturated rings.